The van der Waals surface area contributed by atoms with Gasteiger partial charge in [0, 0.05) is 0 Å². The largest absolute Gasteiger partial charge is 0.480 e. The molecule has 0 aliphatic heterocycles. The minimum Gasteiger partial charge on any atom is -0.480 e. The number of hydrogen-bond donors (Lipinski definition) is 2. The van der Waals surface area contributed by atoms with Crippen molar-refractivity contribution in [3.05, 3.63) is 29.6 Å². The first-order valence-corrected chi connectivity index (χ1v) is 8.42. The van der Waals surface area contributed by atoms with E-state index in [0.29, 0.717) is 12.5 Å². The molecule has 1 rings (SSSR count). The summed E-state index contributed by atoms with van der Waals surface area (Å²) >= 11 is 0. The van der Waals surface area contributed by atoms with Crippen LogP contribution in [0.3, 0.4) is 0 Å². The minimum atomic E-state index is -4.30. The first-order valence-electron chi connectivity index (χ1n) is 6.94. The van der Waals surface area contributed by atoms with Gasteiger partial charge in [-0.3, -0.25) is 4.79 Å². The van der Waals surface area contributed by atoms with Crippen LogP contribution in [0.1, 0.15) is 37.0 Å². The number of benzene rings is 1. The normalized spacial score (nSPS) is 12.7. The van der Waals surface area contributed by atoms with Crippen molar-refractivity contribution in [2.24, 2.45) is 0 Å². The molecule has 1 atom stereocenters. The van der Waals surface area contributed by atoms with Crippen molar-refractivity contribution in [2.75, 3.05) is 6.61 Å². The Labute approximate surface area is 133 Å². The SMILES string of the molecule is CCCC(NS(=O)(=O)c1cc(F)cc(C(=O)OCC)c1)C(=O)O. The molecule has 2 N–H and O–H groups in total. The van der Waals surface area contributed by atoms with E-state index in [0.717, 1.165) is 12.1 Å². The van der Waals surface area contributed by atoms with E-state index < -0.39 is 38.7 Å². The van der Waals surface area contributed by atoms with Crippen LogP contribution in [0, 0.1) is 5.82 Å². The topological polar surface area (TPSA) is 110 Å². The molecule has 0 fully saturated rings. The van der Waals surface area contributed by atoms with Crippen molar-refractivity contribution in [2.45, 2.75) is 37.6 Å². The van der Waals surface area contributed by atoms with Crippen molar-refractivity contribution >= 4 is 22.0 Å². The van der Waals surface area contributed by atoms with E-state index >= 15 is 0 Å². The highest BCUT2D eigenvalue weighted by atomic mass is 32.2. The van der Waals surface area contributed by atoms with Gasteiger partial charge in [-0.05, 0) is 31.5 Å². The summed E-state index contributed by atoms with van der Waals surface area (Å²) in [6, 6.07) is 1.15. The van der Waals surface area contributed by atoms with Crippen molar-refractivity contribution in [1.82, 2.24) is 4.72 Å². The Balaban J connectivity index is 3.17. The highest BCUT2D eigenvalue weighted by molar-refractivity contribution is 7.89. The Morgan fingerprint density at radius 2 is 1.96 bits per heavy atom. The molecule has 1 unspecified atom stereocenters. The smallest absolute Gasteiger partial charge is 0.338 e. The van der Waals surface area contributed by atoms with Gasteiger partial charge in [-0.1, -0.05) is 13.3 Å². The summed E-state index contributed by atoms with van der Waals surface area (Å²) in [7, 11) is -4.30. The zero-order valence-electron chi connectivity index (χ0n) is 12.7. The Kier molecular flexibility index (Phi) is 6.64. The molecule has 0 aromatic heterocycles. The van der Waals surface area contributed by atoms with E-state index in [2.05, 4.69) is 0 Å². The van der Waals surface area contributed by atoms with Crippen LogP contribution in [0.25, 0.3) is 0 Å². The molecule has 0 radical (unpaired) electrons. The zero-order chi connectivity index (χ0) is 17.6. The fourth-order valence-corrected chi connectivity index (χ4v) is 3.11. The summed E-state index contributed by atoms with van der Waals surface area (Å²) in [6.45, 7) is 3.30. The van der Waals surface area contributed by atoms with Crippen molar-refractivity contribution in [3.8, 4) is 0 Å². The van der Waals surface area contributed by atoms with E-state index in [1.807, 2.05) is 4.72 Å². The van der Waals surface area contributed by atoms with Crippen molar-refractivity contribution < 1.29 is 32.2 Å². The van der Waals surface area contributed by atoms with Crippen LogP contribution < -0.4 is 4.72 Å². The number of hydrogen-bond acceptors (Lipinski definition) is 5. The summed E-state index contributed by atoms with van der Waals surface area (Å²) in [5.41, 5.74) is -0.269. The van der Waals surface area contributed by atoms with E-state index in [1.54, 1.807) is 13.8 Å². The van der Waals surface area contributed by atoms with Crippen LogP contribution in [-0.2, 0) is 19.6 Å². The predicted molar refractivity (Wildman–Crippen MR) is 79.0 cm³/mol. The maximum Gasteiger partial charge on any atom is 0.338 e. The molecule has 1 aromatic carbocycles. The number of carboxylic acids is 1. The van der Waals surface area contributed by atoms with Crippen LogP contribution >= 0.6 is 0 Å². The lowest BCUT2D eigenvalue weighted by atomic mass is 10.2. The van der Waals surface area contributed by atoms with E-state index in [1.165, 1.54) is 0 Å². The van der Waals surface area contributed by atoms with E-state index in [-0.39, 0.29) is 18.6 Å². The predicted octanol–water partition coefficient (Wildman–Crippen LogP) is 1.53. The molecule has 23 heavy (non-hydrogen) atoms. The van der Waals surface area contributed by atoms with Crippen LogP contribution in [0.15, 0.2) is 23.1 Å². The molecule has 0 spiro atoms. The number of nitrogens with one attached hydrogen (secondary N) is 1. The fraction of sp³-hybridized carbons (Fsp3) is 0.429. The molecule has 0 saturated carbocycles. The van der Waals surface area contributed by atoms with Crippen molar-refractivity contribution in [3.63, 3.8) is 0 Å². The monoisotopic (exact) mass is 347 g/mol. The van der Waals surface area contributed by atoms with Crippen LogP contribution in [-0.4, -0.2) is 38.1 Å². The Bertz CT molecular complexity index is 689. The van der Waals surface area contributed by atoms with E-state index in [4.69, 9.17) is 9.84 Å². The molecule has 0 bridgehead atoms. The average Bonchev–Trinajstić information content (AvgIpc) is 2.46. The van der Waals surface area contributed by atoms with E-state index in [9.17, 15) is 22.4 Å². The Morgan fingerprint density at radius 1 is 1.30 bits per heavy atom. The zero-order valence-corrected chi connectivity index (χ0v) is 13.5. The summed E-state index contributed by atoms with van der Waals surface area (Å²) in [6.07, 6.45) is 0.519. The lowest BCUT2D eigenvalue weighted by Crippen LogP contribution is -2.40. The second-order valence-electron chi connectivity index (χ2n) is 4.70. The summed E-state index contributed by atoms with van der Waals surface area (Å²) < 4.78 is 44.7. The molecule has 7 nitrogen and oxygen atoms in total. The fourth-order valence-electron chi connectivity index (χ4n) is 1.83. The van der Waals surface area contributed by atoms with Gasteiger partial charge in [-0.2, -0.15) is 4.72 Å². The quantitative estimate of drug-likeness (QED) is 0.690. The van der Waals surface area contributed by atoms with Crippen LogP contribution in [0.4, 0.5) is 4.39 Å². The summed E-state index contributed by atoms with van der Waals surface area (Å²) in [5.74, 6) is -3.15. The second kappa shape index (κ2) is 8.02. The number of aliphatic carboxylic acids is 1. The van der Waals surface area contributed by atoms with Gasteiger partial charge in [0.2, 0.25) is 10.0 Å². The molecular formula is C14H18FNO6S. The molecule has 0 aliphatic rings. The maximum absolute atomic E-state index is 13.6. The highest BCUT2D eigenvalue weighted by Crippen LogP contribution is 2.16. The third-order valence-electron chi connectivity index (χ3n) is 2.87. The average molecular weight is 347 g/mol. The minimum absolute atomic E-state index is 0.0489. The first kappa shape index (κ1) is 19.0. The number of carboxylic acid groups (broad SMARTS) is 1. The Hall–Kier alpha value is -2.00. The van der Waals surface area contributed by atoms with Gasteiger partial charge in [0.15, 0.2) is 0 Å². The molecular weight excluding hydrogens is 329 g/mol. The maximum atomic E-state index is 13.6. The van der Waals surface area contributed by atoms with Crippen LogP contribution in [0.2, 0.25) is 0 Å². The molecule has 0 saturated heterocycles. The number of carbonyl (C=O) groups excluding carboxylic acids is 1. The van der Waals surface area contributed by atoms with Gasteiger partial charge in [0.05, 0.1) is 17.1 Å². The number of ether oxygens (including phenoxy) is 1. The Morgan fingerprint density at radius 3 is 2.48 bits per heavy atom. The van der Waals surface area contributed by atoms with Crippen molar-refractivity contribution in [1.29, 1.82) is 0 Å². The molecule has 128 valence electrons. The molecule has 9 heteroatoms. The number of esters is 1. The molecule has 0 heterocycles. The lowest BCUT2D eigenvalue weighted by molar-refractivity contribution is -0.139. The number of carbonyl (C=O) groups is 2. The molecule has 1 aromatic rings. The third kappa shape index (κ3) is 5.29. The van der Waals surface area contributed by atoms with Gasteiger partial charge < -0.3 is 9.84 Å². The molecule has 0 aliphatic carbocycles. The summed E-state index contributed by atoms with van der Waals surface area (Å²) in [5, 5.41) is 9.01. The highest BCUT2D eigenvalue weighted by Gasteiger charge is 2.26. The third-order valence-corrected chi connectivity index (χ3v) is 4.32. The second-order valence-corrected chi connectivity index (χ2v) is 6.41. The van der Waals surface area contributed by atoms with Gasteiger partial charge in [0.1, 0.15) is 11.9 Å². The lowest BCUT2D eigenvalue weighted by Gasteiger charge is -2.14. The number of sulfonamides is 1. The van der Waals surface area contributed by atoms with Gasteiger partial charge >= 0.3 is 11.9 Å². The standard InChI is InChI=1S/C14H18FNO6S/c1-3-5-12(13(17)18)16-23(20,21)11-7-9(6-10(15)8-11)14(19)22-4-2/h6-8,12,16H,3-5H2,1-2H3,(H,17,18). The van der Waals surface area contributed by atoms with Gasteiger partial charge in [-0.15, -0.1) is 0 Å². The van der Waals surface area contributed by atoms with Crippen LogP contribution in [0.5, 0.6) is 0 Å². The van der Waals surface area contributed by atoms with Gasteiger partial charge in [-0.25, -0.2) is 17.6 Å². The number of rotatable bonds is 8. The van der Waals surface area contributed by atoms with Gasteiger partial charge in [0.25, 0.3) is 0 Å². The number of halogens is 1. The molecule has 0 amide bonds. The first-order chi connectivity index (χ1) is 10.7. The summed E-state index contributed by atoms with van der Waals surface area (Å²) in [4.78, 5) is 22.1.